The third kappa shape index (κ3) is 5.16. The van der Waals surface area contributed by atoms with Crippen LogP contribution in [0.2, 0.25) is 0 Å². The van der Waals surface area contributed by atoms with Crippen LogP contribution in [-0.2, 0) is 11.3 Å². The van der Waals surface area contributed by atoms with Gasteiger partial charge in [0.15, 0.2) is 11.5 Å². The Bertz CT molecular complexity index is 806. The first-order valence-electron chi connectivity index (χ1n) is 9.75. The number of amides is 1. The SMILES string of the molecule is CCCCOCc1cc(C(=O)Nc2ccc3c(c2)OCCO3)ccc1OCC. The lowest BCUT2D eigenvalue weighted by atomic mass is 10.1. The van der Waals surface area contributed by atoms with Crippen LogP contribution < -0.4 is 19.5 Å². The summed E-state index contributed by atoms with van der Waals surface area (Å²) in [6.45, 7) is 6.77. The minimum absolute atomic E-state index is 0.200. The van der Waals surface area contributed by atoms with E-state index in [2.05, 4.69) is 12.2 Å². The molecule has 1 amide bonds. The van der Waals surface area contributed by atoms with E-state index in [1.165, 1.54) is 0 Å². The van der Waals surface area contributed by atoms with Gasteiger partial charge in [-0.1, -0.05) is 13.3 Å². The quantitative estimate of drug-likeness (QED) is 0.647. The van der Waals surface area contributed by atoms with E-state index >= 15 is 0 Å². The molecule has 1 N–H and O–H groups in total. The standard InChI is InChI=1S/C22H27NO5/c1-3-5-10-25-15-17-13-16(6-8-19(17)26-4-2)22(24)23-18-7-9-20-21(14-18)28-12-11-27-20/h6-9,13-14H,3-5,10-12,15H2,1-2H3,(H,23,24). The van der Waals surface area contributed by atoms with Gasteiger partial charge in [0.1, 0.15) is 19.0 Å². The molecule has 1 aliphatic heterocycles. The number of nitrogens with one attached hydrogen (secondary N) is 1. The van der Waals surface area contributed by atoms with Gasteiger partial charge in [-0.05, 0) is 43.7 Å². The van der Waals surface area contributed by atoms with Crippen molar-refractivity contribution in [3.8, 4) is 17.2 Å². The number of hydrogen-bond donors (Lipinski definition) is 1. The van der Waals surface area contributed by atoms with Crippen molar-refractivity contribution in [1.29, 1.82) is 0 Å². The molecule has 0 aromatic heterocycles. The fraction of sp³-hybridized carbons (Fsp3) is 0.409. The summed E-state index contributed by atoms with van der Waals surface area (Å²) in [7, 11) is 0. The minimum atomic E-state index is -0.200. The van der Waals surface area contributed by atoms with Crippen molar-refractivity contribution in [2.24, 2.45) is 0 Å². The molecule has 2 aromatic rings. The van der Waals surface area contributed by atoms with Gasteiger partial charge in [0, 0.05) is 29.5 Å². The Kier molecular flexibility index (Phi) is 7.14. The van der Waals surface area contributed by atoms with Crippen LogP contribution >= 0.6 is 0 Å². The highest BCUT2D eigenvalue weighted by atomic mass is 16.6. The molecule has 1 heterocycles. The van der Waals surface area contributed by atoms with Crippen molar-refractivity contribution in [3.05, 3.63) is 47.5 Å². The zero-order chi connectivity index (χ0) is 19.8. The Hall–Kier alpha value is -2.73. The lowest BCUT2D eigenvalue weighted by Crippen LogP contribution is -2.16. The van der Waals surface area contributed by atoms with Crippen LogP contribution in [0.4, 0.5) is 5.69 Å². The van der Waals surface area contributed by atoms with Crippen molar-refractivity contribution in [2.75, 3.05) is 31.7 Å². The van der Waals surface area contributed by atoms with Crippen molar-refractivity contribution in [1.82, 2.24) is 0 Å². The molecular formula is C22H27NO5. The lowest BCUT2D eigenvalue weighted by Gasteiger charge is -2.19. The fourth-order valence-electron chi connectivity index (χ4n) is 2.88. The molecule has 0 spiro atoms. The van der Waals surface area contributed by atoms with Crippen LogP contribution in [-0.4, -0.2) is 32.3 Å². The van der Waals surface area contributed by atoms with Crippen LogP contribution in [0.5, 0.6) is 17.2 Å². The number of ether oxygens (including phenoxy) is 4. The van der Waals surface area contributed by atoms with E-state index in [0.717, 1.165) is 24.2 Å². The number of carbonyl (C=O) groups excluding carboxylic acids is 1. The summed E-state index contributed by atoms with van der Waals surface area (Å²) in [4.78, 5) is 12.7. The Morgan fingerprint density at radius 2 is 1.89 bits per heavy atom. The molecule has 0 fully saturated rings. The predicted octanol–water partition coefficient (Wildman–Crippen LogP) is 4.43. The second-order valence-electron chi connectivity index (χ2n) is 6.47. The Labute approximate surface area is 165 Å². The molecule has 6 heteroatoms. The highest BCUT2D eigenvalue weighted by Gasteiger charge is 2.15. The van der Waals surface area contributed by atoms with Gasteiger partial charge in [-0.3, -0.25) is 4.79 Å². The predicted molar refractivity (Wildman–Crippen MR) is 108 cm³/mol. The molecular weight excluding hydrogens is 358 g/mol. The van der Waals surface area contributed by atoms with Crippen LogP contribution in [0.15, 0.2) is 36.4 Å². The fourth-order valence-corrected chi connectivity index (χ4v) is 2.88. The first kappa shape index (κ1) is 20.0. The van der Waals surface area contributed by atoms with Gasteiger partial charge >= 0.3 is 0 Å². The van der Waals surface area contributed by atoms with Crippen molar-refractivity contribution >= 4 is 11.6 Å². The zero-order valence-corrected chi connectivity index (χ0v) is 16.5. The molecule has 0 radical (unpaired) electrons. The maximum atomic E-state index is 12.7. The number of fused-ring (bicyclic) bond motifs is 1. The van der Waals surface area contributed by atoms with Crippen LogP contribution in [0.1, 0.15) is 42.6 Å². The first-order chi connectivity index (χ1) is 13.7. The third-order valence-electron chi connectivity index (χ3n) is 4.32. The summed E-state index contributed by atoms with van der Waals surface area (Å²) < 4.78 is 22.5. The summed E-state index contributed by atoms with van der Waals surface area (Å²) >= 11 is 0. The molecule has 0 bridgehead atoms. The molecule has 150 valence electrons. The van der Waals surface area contributed by atoms with E-state index < -0.39 is 0 Å². The summed E-state index contributed by atoms with van der Waals surface area (Å²) in [5.41, 5.74) is 2.07. The normalized spacial score (nSPS) is 12.5. The molecule has 3 rings (SSSR count). The van der Waals surface area contributed by atoms with Gasteiger partial charge in [-0.25, -0.2) is 0 Å². The molecule has 0 saturated carbocycles. The molecule has 0 aliphatic carbocycles. The highest BCUT2D eigenvalue weighted by molar-refractivity contribution is 6.04. The Morgan fingerprint density at radius 1 is 1.07 bits per heavy atom. The molecule has 0 saturated heterocycles. The van der Waals surface area contributed by atoms with Crippen LogP contribution in [0.25, 0.3) is 0 Å². The molecule has 28 heavy (non-hydrogen) atoms. The largest absolute Gasteiger partial charge is 0.494 e. The van der Waals surface area contributed by atoms with E-state index in [1.54, 1.807) is 24.3 Å². The van der Waals surface area contributed by atoms with Gasteiger partial charge in [-0.15, -0.1) is 0 Å². The van der Waals surface area contributed by atoms with Crippen molar-refractivity contribution < 1.29 is 23.7 Å². The topological polar surface area (TPSA) is 66.0 Å². The number of unbranched alkanes of at least 4 members (excludes halogenated alkanes) is 1. The summed E-state index contributed by atoms with van der Waals surface area (Å²) in [6.07, 6.45) is 2.09. The average Bonchev–Trinajstić information content (AvgIpc) is 2.72. The van der Waals surface area contributed by atoms with Crippen molar-refractivity contribution in [3.63, 3.8) is 0 Å². The summed E-state index contributed by atoms with van der Waals surface area (Å²) in [6, 6.07) is 10.8. The van der Waals surface area contributed by atoms with Crippen LogP contribution in [0.3, 0.4) is 0 Å². The average molecular weight is 385 g/mol. The minimum Gasteiger partial charge on any atom is -0.494 e. The van der Waals surface area contributed by atoms with Gasteiger partial charge in [0.2, 0.25) is 0 Å². The smallest absolute Gasteiger partial charge is 0.255 e. The number of benzene rings is 2. The third-order valence-corrected chi connectivity index (χ3v) is 4.32. The number of rotatable bonds is 9. The van der Waals surface area contributed by atoms with E-state index in [4.69, 9.17) is 18.9 Å². The van der Waals surface area contributed by atoms with Crippen molar-refractivity contribution in [2.45, 2.75) is 33.3 Å². The van der Waals surface area contributed by atoms with Gasteiger partial charge in [0.05, 0.1) is 13.2 Å². The van der Waals surface area contributed by atoms with E-state index in [-0.39, 0.29) is 5.91 Å². The Balaban J connectivity index is 1.71. The lowest BCUT2D eigenvalue weighted by molar-refractivity contribution is 0.102. The Morgan fingerprint density at radius 3 is 2.68 bits per heavy atom. The zero-order valence-electron chi connectivity index (χ0n) is 16.5. The molecule has 0 atom stereocenters. The number of carbonyl (C=O) groups is 1. The molecule has 6 nitrogen and oxygen atoms in total. The van der Waals surface area contributed by atoms with E-state index in [1.807, 2.05) is 19.1 Å². The van der Waals surface area contributed by atoms with Gasteiger partial charge < -0.3 is 24.3 Å². The maximum Gasteiger partial charge on any atom is 0.255 e. The molecule has 0 unspecified atom stereocenters. The van der Waals surface area contributed by atoms with Gasteiger partial charge in [0.25, 0.3) is 5.91 Å². The summed E-state index contributed by atoms with van der Waals surface area (Å²) in [5, 5.41) is 2.91. The maximum absolute atomic E-state index is 12.7. The second kappa shape index (κ2) is 9.99. The summed E-state index contributed by atoms with van der Waals surface area (Å²) in [5.74, 6) is 1.88. The monoisotopic (exact) mass is 385 g/mol. The molecule has 1 aliphatic rings. The first-order valence-corrected chi connectivity index (χ1v) is 9.75. The van der Waals surface area contributed by atoms with Crippen LogP contribution in [0, 0.1) is 0 Å². The highest BCUT2D eigenvalue weighted by Crippen LogP contribution is 2.32. The van der Waals surface area contributed by atoms with E-state index in [0.29, 0.717) is 55.8 Å². The van der Waals surface area contributed by atoms with E-state index in [9.17, 15) is 4.79 Å². The number of anilines is 1. The molecule has 2 aromatic carbocycles. The van der Waals surface area contributed by atoms with Gasteiger partial charge in [-0.2, -0.15) is 0 Å². The number of hydrogen-bond acceptors (Lipinski definition) is 5. The second-order valence-corrected chi connectivity index (χ2v) is 6.47.